The third-order valence-electron chi connectivity index (χ3n) is 4.96. The van der Waals surface area contributed by atoms with E-state index in [4.69, 9.17) is 0 Å². The Kier molecular flexibility index (Phi) is 6.63. The molecule has 32 heavy (non-hydrogen) atoms. The van der Waals surface area contributed by atoms with Crippen molar-refractivity contribution >= 4 is 17.2 Å². The van der Waals surface area contributed by atoms with Crippen LogP contribution in [0.15, 0.2) is 60.5 Å². The van der Waals surface area contributed by atoms with Crippen LogP contribution in [0.1, 0.15) is 44.0 Å². The Balaban J connectivity index is 1.58. The molecule has 0 radical (unpaired) electrons. The van der Waals surface area contributed by atoms with E-state index in [9.17, 15) is 9.90 Å². The SMILES string of the molecule is Cc1ccc(-c2cc(C(=O)NCCc3cnc(C)nc3)cc(C(O)c3nccs3)c2)nc1. The molecule has 1 atom stereocenters. The Morgan fingerprint density at radius 3 is 2.56 bits per heavy atom. The first-order chi connectivity index (χ1) is 15.5. The topological polar surface area (TPSA) is 101 Å². The van der Waals surface area contributed by atoms with Gasteiger partial charge < -0.3 is 10.4 Å². The minimum atomic E-state index is -0.920. The van der Waals surface area contributed by atoms with Crippen LogP contribution in [0.25, 0.3) is 11.3 Å². The molecule has 2 N–H and O–H groups in total. The fraction of sp³-hybridized carbons (Fsp3) is 0.208. The van der Waals surface area contributed by atoms with Crippen molar-refractivity contribution in [3.8, 4) is 11.3 Å². The smallest absolute Gasteiger partial charge is 0.251 e. The van der Waals surface area contributed by atoms with Crippen LogP contribution < -0.4 is 5.32 Å². The molecule has 1 amide bonds. The predicted molar refractivity (Wildman–Crippen MR) is 123 cm³/mol. The number of amides is 1. The summed E-state index contributed by atoms with van der Waals surface area (Å²) in [5, 5.41) is 16.2. The van der Waals surface area contributed by atoms with Crippen LogP contribution in [0.3, 0.4) is 0 Å². The van der Waals surface area contributed by atoms with E-state index in [0.717, 1.165) is 22.4 Å². The summed E-state index contributed by atoms with van der Waals surface area (Å²) < 4.78 is 0. The molecule has 1 unspecified atom stereocenters. The Morgan fingerprint density at radius 2 is 1.88 bits per heavy atom. The van der Waals surface area contributed by atoms with Gasteiger partial charge in [-0.1, -0.05) is 6.07 Å². The quantitative estimate of drug-likeness (QED) is 0.450. The van der Waals surface area contributed by atoms with Crippen molar-refractivity contribution in [3.63, 3.8) is 0 Å². The lowest BCUT2D eigenvalue weighted by atomic mass is 9.99. The number of benzene rings is 1. The predicted octanol–water partition coefficient (Wildman–Crippen LogP) is 3.67. The highest BCUT2D eigenvalue weighted by Gasteiger charge is 2.18. The van der Waals surface area contributed by atoms with Crippen molar-refractivity contribution < 1.29 is 9.90 Å². The van der Waals surface area contributed by atoms with Gasteiger partial charge in [0, 0.05) is 47.8 Å². The first-order valence-electron chi connectivity index (χ1n) is 10.2. The van der Waals surface area contributed by atoms with E-state index < -0.39 is 6.10 Å². The maximum atomic E-state index is 12.9. The van der Waals surface area contributed by atoms with E-state index >= 15 is 0 Å². The Labute approximate surface area is 190 Å². The van der Waals surface area contributed by atoms with E-state index in [1.54, 1.807) is 36.9 Å². The summed E-state index contributed by atoms with van der Waals surface area (Å²) in [6, 6.07) is 9.22. The van der Waals surface area contributed by atoms with Gasteiger partial charge in [-0.25, -0.2) is 15.0 Å². The number of carbonyl (C=O) groups excluding carboxylic acids is 1. The van der Waals surface area contributed by atoms with Gasteiger partial charge in [-0.3, -0.25) is 9.78 Å². The molecule has 0 aliphatic heterocycles. The lowest BCUT2D eigenvalue weighted by Gasteiger charge is -2.13. The summed E-state index contributed by atoms with van der Waals surface area (Å²) >= 11 is 1.37. The minimum absolute atomic E-state index is 0.223. The molecule has 4 aromatic rings. The molecule has 162 valence electrons. The standard InChI is InChI=1S/C24H23N5O2S/c1-15-3-4-21(29-12-15)18-9-19(22(30)24-26-7-8-32-24)11-20(10-18)23(31)25-6-5-17-13-27-16(2)28-14-17/h3-4,7-14,22,30H,5-6H2,1-2H3,(H,25,31). The van der Waals surface area contributed by atoms with Crippen LogP contribution >= 0.6 is 11.3 Å². The number of aromatic nitrogens is 4. The second-order valence-electron chi connectivity index (χ2n) is 7.48. The summed E-state index contributed by atoms with van der Waals surface area (Å²) in [4.78, 5) is 30.0. The van der Waals surface area contributed by atoms with Gasteiger partial charge in [-0.05, 0) is 61.2 Å². The summed E-state index contributed by atoms with van der Waals surface area (Å²) in [5.74, 6) is 0.491. The molecule has 4 rings (SSSR count). The molecular weight excluding hydrogens is 422 g/mol. The van der Waals surface area contributed by atoms with Crippen LogP contribution in [0.5, 0.6) is 0 Å². The Bertz CT molecular complexity index is 1190. The molecule has 3 aromatic heterocycles. The number of thiazole rings is 1. The van der Waals surface area contributed by atoms with Crippen LogP contribution in [0.4, 0.5) is 0 Å². The highest BCUT2D eigenvalue weighted by atomic mass is 32.1. The molecule has 0 saturated carbocycles. The number of nitrogens with one attached hydrogen (secondary N) is 1. The maximum Gasteiger partial charge on any atom is 0.251 e. The lowest BCUT2D eigenvalue weighted by molar-refractivity contribution is 0.0954. The van der Waals surface area contributed by atoms with Gasteiger partial charge in [0.1, 0.15) is 16.9 Å². The third-order valence-corrected chi connectivity index (χ3v) is 5.79. The van der Waals surface area contributed by atoms with Gasteiger partial charge in [0.25, 0.3) is 5.91 Å². The first-order valence-corrected chi connectivity index (χ1v) is 11.1. The van der Waals surface area contributed by atoms with Crippen molar-refractivity contribution in [2.45, 2.75) is 26.4 Å². The van der Waals surface area contributed by atoms with E-state index in [1.165, 1.54) is 11.3 Å². The number of hydrogen-bond donors (Lipinski definition) is 2. The van der Waals surface area contributed by atoms with Gasteiger partial charge in [-0.15, -0.1) is 11.3 Å². The fourth-order valence-electron chi connectivity index (χ4n) is 3.21. The molecule has 7 nitrogen and oxygen atoms in total. The second kappa shape index (κ2) is 9.76. The van der Waals surface area contributed by atoms with Crippen LogP contribution in [-0.4, -0.2) is 37.5 Å². The Morgan fingerprint density at radius 1 is 1.06 bits per heavy atom. The molecule has 3 heterocycles. The van der Waals surface area contributed by atoms with Gasteiger partial charge in [0.15, 0.2) is 0 Å². The number of nitrogens with zero attached hydrogens (tertiary/aromatic N) is 4. The molecule has 0 bridgehead atoms. The number of rotatable bonds is 7. The summed E-state index contributed by atoms with van der Waals surface area (Å²) in [6.45, 7) is 4.25. The zero-order chi connectivity index (χ0) is 22.5. The second-order valence-corrected chi connectivity index (χ2v) is 8.41. The van der Waals surface area contributed by atoms with Crippen molar-refractivity contribution in [1.82, 2.24) is 25.3 Å². The highest BCUT2D eigenvalue weighted by molar-refractivity contribution is 7.09. The molecule has 0 spiro atoms. The fourth-order valence-corrected chi connectivity index (χ4v) is 3.86. The highest BCUT2D eigenvalue weighted by Crippen LogP contribution is 2.29. The minimum Gasteiger partial charge on any atom is -0.381 e. The molecule has 0 saturated heterocycles. The van der Waals surface area contributed by atoms with Gasteiger partial charge >= 0.3 is 0 Å². The number of pyridine rings is 1. The van der Waals surface area contributed by atoms with E-state index in [-0.39, 0.29) is 5.91 Å². The van der Waals surface area contributed by atoms with Crippen LogP contribution in [0.2, 0.25) is 0 Å². The average molecular weight is 446 g/mol. The number of aliphatic hydroxyl groups excluding tert-OH is 1. The molecule has 8 heteroatoms. The molecule has 1 aromatic carbocycles. The maximum absolute atomic E-state index is 12.9. The summed E-state index contributed by atoms with van der Waals surface area (Å²) in [6.07, 6.45) is 6.66. The molecule has 0 aliphatic rings. The monoisotopic (exact) mass is 445 g/mol. The van der Waals surface area contributed by atoms with E-state index in [1.807, 2.05) is 37.4 Å². The summed E-state index contributed by atoms with van der Waals surface area (Å²) in [5.41, 5.74) is 4.54. The number of hydrogen-bond acceptors (Lipinski definition) is 7. The molecule has 0 fully saturated rings. The van der Waals surface area contributed by atoms with Crippen LogP contribution in [0, 0.1) is 13.8 Å². The zero-order valence-electron chi connectivity index (χ0n) is 17.8. The van der Waals surface area contributed by atoms with Crippen LogP contribution in [-0.2, 0) is 6.42 Å². The molecule has 0 aliphatic carbocycles. The van der Waals surface area contributed by atoms with Crippen molar-refractivity contribution in [2.24, 2.45) is 0 Å². The first kappa shape index (κ1) is 21.7. The zero-order valence-corrected chi connectivity index (χ0v) is 18.6. The van der Waals surface area contributed by atoms with Gasteiger partial charge in [-0.2, -0.15) is 0 Å². The largest absolute Gasteiger partial charge is 0.381 e. The van der Waals surface area contributed by atoms with Crippen molar-refractivity contribution in [2.75, 3.05) is 6.54 Å². The van der Waals surface area contributed by atoms with Crippen molar-refractivity contribution in [3.05, 3.63) is 93.6 Å². The number of carbonyl (C=O) groups is 1. The van der Waals surface area contributed by atoms with Crippen molar-refractivity contribution in [1.29, 1.82) is 0 Å². The lowest BCUT2D eigenvalue weighted by Crippen LogP contribution is -2.26. The normalized spacial score (nSPS) is 11.8. The number of aliphatic hydroxyl groups is 1. The van der Waals surface area contributed by atoms with E-state index in [0.29, 0.717) is 34.9 Å². The average Bonchev–Trinajstić information content (AvgIpc) is 3.35. The van der Waals surface area contributed by atoms with Gasteiger partial charge in [0.05, 0.1) is 5.69 Å². The van der Waals surface area contributed by atoms with E-state index in [2.05, 4.69) is 25.3 Å². The Hall–Kier alpha value is -3.49. The van der Waals surface area contributed by atoms with Gasteiger partial charge in [0.2, 0.25) is 0 Å². The number of aryl methyl sites for hydroxylation is 2. The third kappa shape index (κ3) is 5.22. The molecular formula is C24H23N5O2S. The summed E-state index contributed by atoms with van der Waals surface area (Å²) in [7, 11) is 0.